The second-order valence-corrected chi connectivity index (χ2v) is 2.93. The molecular formula is C9H12Cl2N2. The van der Waals surface area contributed by atoms with Crippen LogP contribution in [0.4, 0.5) is 0 Å². The maximum absolute atomic E-state index is 5.80. The lowest BCUT2D eigenvalue weighted by atomic mass is 10.1. The number of rotatable bonds is 3. The number of aromatic nitrogens is 1. The molecule has 0 spiro atoms. The Morgan fingerprint density at radius 1 is 1.62 bits per heavy atom. The van der Waals surface area contributed by atoms with Crippen LogP contribution in [0, 0.1) is 0 Å². The fourth-order valence-corrected chi connectivity index (χ4v) is 1.03. The van der Waals surface area contributed by atoms with Gasteiger partial charge in [0.15, 0.2) is 0 Å². The lowest BCUT2D eigenvalue weighted by Crippen LogP contribution is -2.08. The van der Waals surface area contributed by atoms with Crippen LogP contribution < -0.4 is 5.73 Å². The number of hydrogen-bond donors (Lipinski definition) is 1. The molecule has 1 rings (SSSR count). The monoisotopic (exact) mass is 218 g/mol. The summed E-state index contributed by atoms with van der Waals surface area (Å²) in [6.45, 7) is 3.62. The van der Waals surface area contributed by atoms with Gasteiger partial charge in [-0.15, -0.1) is 19.0 Å². The summed E-state index contributed by atoms with van der Waals surface area (Å²) in [5, 5.41) is 0.490. The Morgan fingerprint density at radius 3 is 2.77 bits per heavy atom. The van der Waals surface area contributed by atoms with Gasteiger partial charge in [-0.1, -0.05) is 23.7 Å². The molecule has 1 atom stereocenters. The smallest absolute Gasteiger partial charge is 0.129 e. The van der Waals surface area contributed by atoms with Crippen LogP contribution in [0.2, 0.25) is 5.15 Å². The van der Waals surface area contributed by atoms with E-state index < -0.39 is 0 Å². The van der Waals surface area contributed by atoms with Gasteiger partial charge in [0.2, 0.25) is 0 Å². The SMILES string of the molecule is C=CC[C@H](N)c1ccc(Cl)nc1.Cl. The van der Waals surface area contributed by atoms with Crippen LogP contribution in [0.25, 0.3) is 0 Å². The van der Waals surface area contributed by atoms with Crippen molar-refractivity contribution in [3.05, 3.63) is 41.7 Å². The highest BCUT2D eigenvalue weighted by Crippen LogP contribution is 2.14. The Morgan fingerprint density at radius 2 is 2.31 bits per heavy atom. The molecule has 0 saturated heterocycles. The first-order chi connectivity index (χ1) is 5.74. The first-order valence-electron chi connectivity index (χ1n) is 3.72. The second kappa shape index (κ2) is 5.97. The average Bonchev–Trinajstić information content (AvgIpc) is 2.06. The highest BCUT2D eigenvalue weighted by atomic mass is 35.5. The molecule has 2 N–H and O–H groups in total. The minimum atomic E-state index is -0.0210. The molecule has 2 nitrogen and oxygen atoms in total. The van der Waals surface area contributed by atoms with Crippen LogP contribution in [0.5, 0.6) is 0 Å². The van der Waals surface area contributed by atoms with Crippen LogP contribution in [-0.2, 0) is 0 Å². The number of nitrogens with zero attached hydrogens (tertiary/aromatic N) is 1. The minimum absolute atomic E-state index is 0. The molecule has 1 aromatic heterocycles. The summed E-state index contributed by atoms with van der Waals surface area (Å²) >= 11 is 5.62. The predicted molar refractivity (Wildman–Crippen MR) is 58.2 cm³/mol. The zero-order valence-corrected chi connectivity index (χ0v) is 8.68. The Kier molecular flexibility index (Phi) is 5.71. The standard InChI is InChI=1S/C9H11ClN2.ClH/c1-2-3-8(11)7-4-5-9(10)12-6-7;/h2,4-6,8H,1,3,11H2;1H/t8-;/m0./s1. The summed E-state index contributed by atoms with van der Waals surface area (Å²) in [5.74, 6) is 0. The van der Waals surface area contributed by atoms with E-state index in [-0.39, 0.29) is 18.4 Å². The first-order valence-corrected chi connectivity index (χ1v) is 4.09. The van der Waals surface area contributed by atoms with Crippen molar-refractivity contribution in [1.82, 2.24) is 4.98 Å². The molecule has 0 amide bonds. The van der Waals surface area contributed by atoms with Crippen LogP contribution >= 0.6 is 24.0 Å². The van der Waals surface area contributed by atoms with E-state index in [0.29, 0.717) is 5.15 Å². The van der Waals surface area contributed by atoms with E-state index in [4.69, 9.17) is 17.3 Å². The Bertz CT molecular complexity index is 259. The van der Waals surface area contributed by atoms with E-state index >= 15 is 0 Å². The molecule has 0 aliphatic heterocycles. The largest absolute Gasteiger partial charge is 0.324 e. The van der Waals surface area contributed by atoms with Gasteiger partial charge >= 0.3 is 0 Å². The molecule has 0 unspecified atom stereocenters. The van der Waals surface area contributed by atoms with Crippen molar-refractivity contribution in [1.29, 1.82) is 0 Å². The van der Waals surface area contributed by atoms with Crippen molar-refractivity contribution >= 4 is 24.0 Å². The summed E-state index contributed by atoms with van der Waals surface area (Å²) in [7, 11) is 0. The highest BCUT2D eigenvalue weighted by molar-refractivity contribution is 6.29. The maximum Gasteiger partial charge on any atom is 0.129 e. The topological polar surface area (TPSA) is 38.9 Å². The van der Waals surface area contributed by atoms with Gasteiger partial charge in [0.05, 0.1) is 0 Å². The average molecular weight is 219 g/mol. The highest BCUT2D eigenvalue weighted by Gasteiger charge is 2.02. The fourth-order valence-electron chi connectivity index (χ4n) is 0.922. The molecule has 1 aromatic rings. The van der Waals surface area contributed by atoms with E-state index in [2.05, 4.69) is 11.6 Å². The Hall–Kier alpha value is -0.570. The Labute approximate surface area is 89.2 Å². The number of halogens is 2. The molecule has 0 aliphatic rings. The fraction of sp³-hybridized carbons (Fsp3) is 0.222. The van der Waals surface area contributed by atoms with E-state index in [0.717, 1.165) is 12.0 Å². The molecule has 1 heterocycles. The van der Waals surface area contributed by atoms with Gasteiger partial charge in [-0.25, -0.2) is 4.98 Å². The van der Waals surface area contributed by atoms with Gasteiger partial charge in [-0.3, -0.25) is 0 Å². The van der Waals surface area contributed by atoms with Gasteiger partial charge in [-0.2, -0.15) is 0 Å². The summed E-state index contributed by atoms with van der Waals surface area (Å²) in [5.41, 5.74) is 6.79. The van der Waals surface area contributed by atoms with E-state index in [1.807, 2.05) is 6.07 Å². The van der Waals surface area contributed by atoms with Crippen molar-refractivity contribution < 1.29 is 0 Å². The van der Waals surface area contributed by atoms with Crippen LogP contribution in [0.1, 0.15) is 18.0 Å². The summed E-state index contributed by atoms with van der Waals surface area (Å²) in [4.78, 5) is 3.93. The summed E-state index contributed by atoms with van der Waals surface area (Å²) < 4.78 is 0. The second-order valence-electron chi connectivity index (χ2n) is 2.55. The van der Waals surface area contributed by atoms with Crippen LogP contribution in [-0.4, -0.2) is 4.98 Å². The molecule has 0 aromatic carbocycles. The van der Waals surface area contributed by atoms with E-state index in [1.165, 1.54) is 0 Å². The van der Waals surface area contributed by atoms with Gasteiger partial charge in [0.25, 0.3) is 0 Å². The zero-order chi connectivity index (χ0) is 8.97. The third kappa shape index (κ3) is 3.77. The van der Waals surface area contributed by atoms with Crippen LogP contribution in [0.3, 0.4) is 0 Å². The van der Waals surface area contributed by atoms with Crippen molar-refractivity contribution in [2.24, 2.45) is 5.73 Å². The lowest BCUT2D eigenvalue weighted by molar-refractivity contribution is 0.737. The zero-order valence-electron chi connectivity index (χ0n) is 7.11. The number of hydrogen-bond acceptors (Lipinski definition) is 2. The summed E-state index contributed by atoms with van der Waals surface area (Å²) in [6.07, 6.45) is 4.24. The molecule has 0 aliphatic carbocycles. The normalized spacial score (nSPS) is 11.5. The first kappa shape index (κ1) is 12.4. The third-order valence-electron chi connectivity index (χ3n) is 1.60. The van der Waals surface area contributed by atoms with Gasteiger partial charge in [0, 0.05) is 12.2 Å². The van der Waals surface area contributed by atoms with Crippen molar-refractivity contribution in [2.75, 3.05) is 0 Å². The van der Waals surface area contributed by atoms with Gasteiger partial charge < -0.3 is 5.73 Å². The molecule has 4 heteroatoms. The quantitative estimate of drug-likeness (QED) is 0.627. The number of nitrogens with two attached hydrogens (primary N) is 1. The van der Waals surface area contributed by atoms with E-state index in [1.54, 1.807) is 18.3 Å². The third-order valence-corrected chi connectivity index (χ3v) is 1.82. The molecule has 0 bridgehead atoms. The van der Waals surface area contributed by atoms with Crippen molar-refractivity contribution in [3.63, 3.8) is 0 Å². The molecule has 0 radical (unpaired) electrons. The molecule has 72 valence electrons. The van der Waals surface area contributed by atoms with E-state index in [9.17, 15) is 0 Å². The molecule has 0 saturated carbocycles. The van der Waals surface area contributed by atoms with Gasteiger partial charge in [-0.05, 0) is 18.1 Å². The summed E-state index contributed by atoms with van der Waals surface area (Å²) in [6, 6.07) is 3.59. The maximum atomic E-state index is 5.80. The molecule has 13 heavy (non-hydrogen) atoms. The molecule has 0 fully saturated rings. The van der Waals surface area contributed by atoms with Crippen molar-refractivity contribution in [2.45, 2.75) is 12.5 Å². The van der Waals surface area contributed by atoms with Crippen LogP contribution in [0.15, 0.2) is 31.0 Å². The lowest BCUT2D eigenvalue weighted by Gasteiger charge is -2.07. The minimum Gasteiger partial charge on any atom is -0.324 e. The van der Waals surface area contributed by atoms with Gasteiger partial charge in [0.1, 0.15) is 5.15 Å². The van der Waals surface area contributed by atoms with Crippen molar-refractivity contribution in [3.8, 4) is 0 Å². The Balaban J connectivity index is 0.00000144. The predicted octanol–water partition coefficient (Wildman–Crippen LogP) is 2.73. The number of pyridine rings is 1. The molecular weight excluding hydrogens is 207 g/mol.